The van der Waals surface area contributed by atoms with Crippen molar-refractivity contribution in [2.45, 2.75) is 46.0 Å². The smallest absolute Gasteiger partial charge is 0.276 e. The molecule has 1 saturated heterocycles. The number of rotatable bonds is 7. The minimum atomic E-state index is -0.335. The van der Waals surface area contributed by atoms with Crippen molar-refractivity contribution in [3.8, 4) is 11.3 Å². The number of aromatic nitrogens is 1. The molecule has 3 rings (SSSR count). The highest BCUT2D eigenvalue weighted by molar-refractivity contribution is 5.99. The van der Waals surface area contributed by atoms with Crippen LogP contribution in [-0.4, -0.2) is 28.9 Å². The Morgan fingerprint density at radius 2 is 1.94 bits per heavy atom. The molecule has 5 heteroatoms. The molecule has 0 unspecified atom stereocenters. The Bertz CT molecular complexity index is 1030. The number of piperidine rings is 1. The lowest BCUT2D eigenvalue weighted by atomic mass is 9.99. The standard InChI is InChI=1S/C27H34N4O/c1-5-11-25(31-16-8-7-9-17-31)23(6-2)30-27(32)26-22(28)14-15-24(29-26)21-13-10-12-20(18-21)19(3)4/h5-6,10-15,18-19H,2,7-9,16-17,28H2,1,3-4H3,(H,30,32)/b11-5-,25-23-. The average Bonchev–Trinajstić information content (AvgIpc) is 2.82. The molecule has 0 bridgehead atoms. The molecule has 3 N–H and O–H groups in total. The predicted molar refractivity (Wildman–Crippen MR) is 133 cm³/mol. The molecule has 1 aliphatic rings. The Hall–Kier alpha value is -3.34. The third kappa shape index (κ3) is 5.47. The second kappa shape index (κ2) is 10.8. The van der Waals surface area contributed by atoms with Gasteiger partial charge in [-0.2, -0.15) is 0 Å². The third-order valence-corrected chi connectivity index (χ3v) is 5.74. The average molecular weight is 431 g/mol. The monoisotopic (exact) mass is 430 g/mol. The molecule has 1 aromatic carbocycles. The number of nitrogens with zero attached hydrogens (tertiary/aromatic N) is 2. The lowest BCUT2D eigenvalue weighted by Gasteiger charge is -2.31. The highest BCUT2D eigenvalue weighted by atomic mass is 16.1. The van der Waals surface area contributed by atoms with Crippen LogP contribution in [0.2, 0.25) is 0 Å². The molecule has 1 aliphatic heterocycles. The fourth-order valence-electron chi connectivity index (χ4n) is 3.93. The van der Waals surface area contributed by atoms with Crippen LogP contribution in [-0.2, 0) is 0 Å². The zero-order chi connectivity index (χ0) is 23.1. The number of amides is 1. The summed E-state index contributed by atoms with van der Waals surface area (Å²) in [6.07, 6.45) is 9.22. The predicted octanol–water partition coefficient (Wildman–Crippen LogP) is 5.64. The number of nitrogens with two attached hydrogens (primary N) is 1. The number of nitrogens with one attached hydrogen (secondary N) is 1. The third-order valence-electron chi connectivity index (χ3n) is 5.74. The van der Waals surface area contributed by atoms with Crippen molar-refractivity contribution in [1.82, 2.24) is 15.2 Å². The Kier molecular flexibility index (Phi) is 7.87. The van der Waals surface area contributed by atoms with Gasteiger partial charge in [-0.25, -0.2) is 4.98 Å². The minimum absolute atomic E-state index is 0.218. The number of nitrogen functional groups attached to an aromatic ring is 1. The number of benzene rings is 1. The Morgan fingerprint density at radius 3 is 2.59 bits per heavy atom. The largest absolute Gasteiger partial charge is 0.397 e. The first kappa shape index (κ1) is 23.3. The van der Waals surface area contributed by atoms with Gasteiger partial charge in [0.05, 0.1) is 22.8 Å². The van der Waals surface area contributed by atoms with E-state index in [1.807, 2.05) is 37.3 Å². The van der Waals surface area contributed by atoms with E-state index in [2.05, 4.69) is 47.8 Å². The number of pyridine rings is 1. The van der Waals surface area contributed by atoms with Gasteiger partial charge in [-0.1, -0.05) is 44.7 Å². The van der Waals surface area contributed by atoms with Crippen LogP contribution in [0.15, 0.2) is 72.6 Å². The van der Waals surface area contributed by atoms with E-state index in [4.69, 9.17) is 5.73 Å². The zero-order valence-electron chi connectivity index (χ0n) is 19.4. The van der Waals surface area contributed by atoms with Crippen LogP contribution in [0, 0.1) is 0 Å². The highest BCUT2D eigenvalue weighted by Crippen LogP contribution is 2.25. The van der Waals surface area contributed by atoms with Crippen molar-refractivity contribution in [1.29, 1.82) is 0 Å². The lowest BCUT2D eigenvalue weighted by molar-refractivity contribution is 0.0962. The molecule has 5 nitrogen and oxygen atoms in total. The van der Waals surface area contributed by atoms with Gasteiger partial charge < -0.3 is 16.0 Å². The molecular formula is C27H34N4O. The normalized spacial score (nSPS) is 15.1. The lowest BCUT2D eigenvalue weighted by Crippen LogP contribution is -2.33. The first-order valence-corrected chi connectivity index (χ1v) is 11.4. The Morgan fingerprint density at radius 1 is 1.19 bits per heavy atom. The first-order chi connectivity index (χ1) is 15.4. The maximum atomic E-state index is 13.2. The molecule has 0 saturated carbocycles. The number of likely N-dealkylation sites (tertiary alicyclic amines) is 1. The van der Waals surface area contributed by atoms with Crippen molar-refractivity contribution in [3.05, 3.63) is 83.9 Å². The zero-order valence-corrected chi connectivity index (χ0v) is 19.4. The minimum Gasteiger partial charge on any atom is -0.397 e. The van der Waals surface area contributed by atoms with Crippen LogP contribution in [0.25, 0.3) is 11.3 Å². The van der Waals surface area contributed by atoms with Crippen molar-refractivity contribution in [2.75, 3.05) is 18.8 Å². The van der Waals surface area contributed by atoms with Gasteiger partial charge in [-0.3, -0.25) is 4.79 Å². The Labute approximate surface area is 191 Å². The van der Waals surface area contributed by atoms with E-state index < -0.39 is 0 Å². The molecule has 0 spiro atoms. The molecule has 2 aromatic rings. The molecular weight excluding hydrogens is 396 g/mol. The second-order valence-corrected chi connectivity index (χ2v) is 8.42. The SMILES string of the molecule is C=C/C(NC(=O)c1nc(-c2cccc(C(C)C)c2)ccc1N)=C(\C=C/C)N1CCCCC1. The number of hydrogen-bond donors (Lipinski definition) is 2. The summed E-state index contributed by atoms with van der Waals surface area (Å²) in [5, 5.41) is 3.00. The van der Waals surface area contributed by atoms with Crippen LogP contribution < -0.4 is 11.1 Å². The molecule has 1 fully saturated rings. The summed E-state index contributed by atoms with van der Waals surface area (Å²) >= 11 is 0. The summed E-state index contributed by atoms with van der Waals surface area (Å²) in [6.45, 7) is 12.2. The second-order valence-electron chi connectivity index (χ2n) is 8.42. The van der Waals surface area contributed by atoms with Gasteiger partial charge in [0.1, 0.15) is 0 Å². The van der Waals surface area contributed by atoms with Crippen LogP contribution in [0.4, 0.5) is 5.69 Å². The van der Waals surface area contributed by atoms with E-state index in [1.165, 1.54) is 12.0 Å². The van der Waals surface area contributed by atoms with Gasteiger partial charge in [0.15, 0.2) is 5.69 Å². The summed E-state index contributed by atoms with van der Waals surface area (Å²) in [6, 6.07) is 11.8. The number of allylic oxidation sites excluding steroid dienone is 3. The number of anilines is 1. The molecule has 168 valence electrons. The summed E-state index contributed by atoms with van der Waals surface area (Å²) < 4.78 is 0. The molecule has 32 heavy (non-hydrogen) atoms. The van der Waals surface area contributed by atoms with Crippen molar-refractivity contribution in [3.63, 3.8) is 0 Å². The van der Waals surface area contributed by atoms with Gasteiger partial charge in [0.2, 0.25) is 0 Å². The van der Waals surface area contributed by atoms with Crippen molar-refractivity contribution >= 4 is 11.6 Å². The maximum absolute atomic E-state index is 13.2. The highest BCUT2D eigenvalue weighted by Gasteiger charge is 2.19. The van der Waals surface area contributed by atoms with Gasteiger partial charge in [0, 0.05) is 18.7 Å². The fraction of sp³-hybridized carbons (Fsp3) is 0.333. The number of carbonyl (C=O) groups excluding carboxylic acids is 1. The maximum Gasteiger partial charge on any atom is 0.276 e. The summed E-state index contributed by atoms with van der Waals surface area (Å²) in [5.41, 5.74) is 11.3. The fourth-order valence-corrected chi connectivity index (χ4v) is 3.93. The summed E-state index contributed by atoms with van der Waals surface area (Å²) in [5.74, 6) is 0.0740. The van der Waals surface area contributed by atoms with E-state index in [0.29, 0.717) is 17.3 Å². The van der Waals surface area contributed by atoms with Gasteiger partial charge in [-0.05, 0) is 68.0 Å². The number of carbonyl (C=O) groups is 1. The summed E-state index contributed by atoms with van der Waals surface area (Å²) in [7, 11) is 0. The Balaban J connectivity index is 1.93. The topological polar surface area (TPSA) is 71.2 Å². The van der Waals surface area contributed by atoms with Crippen LogP contribution in [0.3, 0.4) is 0 Å². The van der Waals surface area contributed by atoms with E-state index >= 15 is 0 Å². The molecule has 2 heterocycles. The van der Waals surface area contributed by atoms with Crippen LogP contribution in [0.5, 0.6) is 0 Å². The first-order valence-electron chi connectivity index (χ1n) is 11.4. The van der Waals surface area contributed by atoms with Gasteiger partial charge in [0.25, 0.3) is 5.91 Å². The number of hydrogen-bond acceptors (Lipinski definition) is 4. The molecule has 0 aliphatic carbocycles. The van der Waals surface area contributed by atoms with Crippen molar-refractivity contribution < 1.29 is 4.79 Å². The van der Waals surface area contributed by atoms with Gasteiger partial charge >= 0.3 is 0 Å². The van der Waals surface area contributed by atoms with Crippen LogP contribution >= 0.6 is 0 Å². The molecule has 1 amide bonds. The van der Waals surface area contributed by atoms with Crippen molar-refractivity contribution in [2.24, 2.45) is 0 Å². The van der Waals surface area contributed by atoms with E-state index in [1.54, 1.807) is 12.1 Å². The summed E-state index contributed by atoms with van der Waals surface area (Å²) in [4.78, 5) is 20.1. The van der Waals surface area contributed by atoms with E-state index in [-0.39, 0.29) is 11.6 Å². The van der Waals surface area contributed by atoms with E-state index in [9.17, 15) is 4.79 Å². The molecule has 0 radical (unpaired) electrons. The van der Waals surface area contributed by atoms with Gasteiger partial charge in [-0.15, -0.1) is 0 Å². The molecule has 1 aromatic heterocycles. The molecule has 0 atom stereocenters. The van der Waals surface area contributed by atoms with Crippen LogP contribution in [0.1, 0.15) is 62.0 Å². The van der Waals surface area contributed by atoms with E-state index in [0.717, 1.165) is 42.9 Å². The quantitative estimate of drug-likeness (QED) is 0.557.